The lowest BCUT2D eigenvalue weighted by molar-refractivity contribution is 0.174. The van der Waals surface area contributed by atoms with Gasteiger partial charge in [0.15, 0.2) is 11.5 Å². The van der Waals surface area contributed by atoms with Crippen LogP contribution in [0.15, 0.2) is 18.2 Å². The van der Waals surface area contributed by atoms with Gasteiger partial charge in [-0.15, -0.1) is 0 Å². The summed E-state index contributed by atoms with van der Waals surface area (Å²) in [5, 5.41) is 3.67. The van der Waals surface area contributed by atoms with Gasteiger partial charge in [0, 0.05) is 36.9 Å². The average molecular weight is 276 g/mol. The van der Waals surface area contributed by atoms with Gasteiger partial charge in [0.1, 0.15) is 0 Å². The molecule has 1 saturated heterocycles. The van der Waals surface area contributed by atoms with E-state index in [0.29, 0.717) is 24.8 Å². The maximum absolute atomic E-state index is 5.50. The van der Waals surface area contributed by atoms with Crippen LogP contribution in [0.25, 0.3) is 0 Å². The minimum Gasteiger partial charge on any atom is -0.454 e. The number of fused-ring (bicyclic) bond motifs is 1. The lowest BCUT2D eigenvalue weighted by atomic mass is 9.95. The molecule has 0 saturated carbocycles. The normalized spacial score (nSPS) is 26.6. The summed E-state index contributed by atoms with van der Waals surface area (Å²) in [7, 11) is 0. The zero-order valence-electron chi connectivity index (χ0n) is 12.6. The zero-order valence-corrected chi connectivity index (χ0v) is 12.6. The number of nitrogens with one attached hydrogen (secondary N) is 1. The Morgan fingerprint density at radius 2 is 2.15 bits per heavy atom. The molecule has 2 aliphatic rings. The molecule has 0 amide bonds. The van der Waals surface area contributed by atoms with E-state index in [-0.39, 0.29) is 0 Å². The number of hydrogen-bond donors (Lipinski definition) is 1. The molecule has 0 spiro atoms. The molecular formula is C16H24N2O2. The highest BCUT2D eigenvalue weighted by Crippen LogP contribution is 2.36. The molecule has 2 heterocycles. The maximum atomic E-state index is 5.50. The van der Waals surface area contributed by atoms with E-state index in [1.54, 1.807) is 0 Å². The first-order valence-corrected chi connectivity index (χ1v) is 7.58. The fraction of sp³-hybridized carbons (Fsp3) is 0.625. The molecule has 2 aliphatic heterocycles. The molecule has 3 atom stereocenters. The number of rotatable bonds is 3. The van der Waals surface area contributed by atoms with Gasteiger partial charge >= 0.3 is 0 Å². The summed E-state index contributed by atoms with van der Waals surface area (Å²) in [6.07, 6.45) is 1.21. The van der Waals surface area contributed by atoms with Gasteiger partial charge in [-0.3, -0.25) is 0 Å². The van der Waals surface area contributed by atoms with Crippen molar-refractivity contribution in [1.82, 2.24) is 5.32 Å². The molecule has 0 bridgehead atoms. The van der Waals surface area contributed by atoms with Crippen LogP contribution in [0.3, 0.4) is 0 Å². The quantitative estimate of drug-likeness (QED) is 0.920. The van der Waals surface area contributed by atoms with Crippen LogP contribution in [0.1, 0.15) is 27.2 Å². The fourth-order valence-electron chi connectivity index (χ4n) is 2.98. The van der Waals surface area contributed by atoms with Gasteiger partial charge < -0.3 is 19.7 Å². The molecule has 3 unspecified atom stereocenters. The third kappa shape index (κ3) is 2.44. The molecule has 3 rings (SSSR count). The van der Waals surface area contributed by atoms with E-state index in [1.165, 1.54) is 12.1 Å². The van der Waals surface area contributed by atoms with Crippen LogP contribution in [0.5, 0.6) is 11.5 Å². The number of ether oxygens (including phenoxy) is 2. The molecule has 0 aliphatic carbocycles. The Morgan fingerprint density at radius 1 is 1.35 bits per heavy atom. The van der Waals surface area contributed by atoms with Crippen molar-refractivity contribution in [3.63, 3.8) is 0 Å². The van der Waals surface area contributed by atoms with Crippen molar-refractivity contribution in [2.24, 2.45) is 5.92 Å². The minimum atomic E-state index is 0.339. The molecule has 0 aromatic heterocycles. The molecular weight excluding hydrogens is 252 g/mol. The van der Waals surface area contributed by atoms with Crippen molar-refractivity contribution >= 4 is 5.69 Å². The number of hydrogen-bond acceptors (Lipinski definition) is 4. The zero-order chi connectivity index (χ0) is 14.1. The van der Waals surface area contributed by atoms with Gasteiger partial charge in [-0.05, 0) is 25.0 Å². The summed E-state index contributed by atoms with van der Waals surface area (Å²) in [5.41, 5.74) is 1.23. The van der Waals surface area contributed by atoms with Gasteiger partial charge in [0.25, 0.3) is 0 Å². The third-order valence-electron chi connectivity index (χ3n) is 4.62. The smallest absolute Gasteiger partial charge is 0.231 e. The predicted octanol–water partition coefficient (Wildman–Crippen LogP) is 2.63. The van der Waals surface area contributed by atoms with Crippen LogP contribution in [-0.2, 0) is 0 Å². The molecule has 0 radical (unpaired) electrons. The molecule has 110 valence electrons. The molecule has 4 nitrogen and oxygen atoms in total. The van der Waals surface area contributed by atoms with Gasteiger partial charge in [-0.1, -0.05) is 20.3 Å². The first kappa shape index (κ1) is 13.6. The van der Waals surface area contributed by atoms with Crippen LogP contribution in [0.4, 0.5) is 5.69 Å². The van der Waals surface area contributed by atoms with Crippen molar-refractivity contribution in [2.75, 3.05) is 24.8 Å². The van der Waals surface area contributed by atoms with E-state index in [9.17, 15) is 0 Å². The van der Waals surface area contributed by atoms with Gasteiger partial charge in [-0.2, -0.15) is 0 Å². The van der Waals surface area contributed by atoms with E-state index in [1.807, 2.05) is 6.07 Å². The fourth-order valence-corrected chi connectivity index (χ4v) is 2.98. The van der Waals surface area contributed by atoms with E-state index in [0.717, 1.165) is 24.6 Å². The van der Waals surface area contributed by atoms with E-state index in [2.05, 4.69) is 43.1 Å². The Labute approximate surface area is 121 Å². The van der Waals surface area contributed by atoms with Crippen molar-refractivity contribution in [3.05, 3.63) is 18.2 Å². The Balaban J connectivity index is 1.80. The summed E-state index contributed by atoms with van der Waals surface area (Å²) in [4.78, 5) is 2.48. The molecule has 1 aromatic carbocycles. The van der Waals surface area contributed by atoms with Crippen LogP contribution < -0.4 is 19.7 Å². The van der Waals surface area contributed by atoms with Crippen LogP contribution in [0, 0.1) is 5.92 Å². The minimum absolute atomic E-state index is 0.339. The SMILES string of the molecule is CCC(C)C1CN(c2ccc3c(c2)OCO3)C(C)CN1. The lowest BCUT2D eigenvalue weighted by Crippen LogP contribution is -2.57. The molecule has 20 heavy (non-hydrogen) atoms. The molecule has 1 N–H and O–H groups in total. The first-order chi connectivity index (χ1) is 9.69. The third-order valence-corrected chi connectivity index (χ3v) is 4.62. The highest BCUT2D eigenvalue weighted by Gasteiger charge is 2.28. The van der Waals surface area contributed by atoms with Crippen LogP contribution in [0.2, 0.25) is 0 Å². The van der Waals surface area contributed by atoms with Crippen molar-refractivity contribution in [3.8, 4) is 11.5 Å². The number of anilines is 1. The van der Waals surface area contributed by atoms with Gasteiger partial charge in [0.2, 0.25) is 6.79 Å². The van der Waals surface area contributed by atoms with Gasteiger partial charge in [0.05, 0.1) is 0 Å². The first-order valence-electron chi connectivity index (χ1n) is 7.58. The second-order valence-corrected chi connectivity index (χ2v) is 5.94. The number of nitrogens with zero attached hydrogens (tertiary/aromatic N) is 1. The van der Waals surface area contributed by atoms with Gasteiger partial charge in [-0.25, -0.2) is 0 Å². The molecule has 1 fully saturated rings. The summed E-state index contributed by atoms with van der Waals surface area (Å²) in [6, 6.07) is 7.32. The second kappa shape index (κ2) is 5.52. The number of piperazine rings is 1. The number of benzene rings is 1. The topological polar surface area (TPSA) is 33.7 Å². The summed E-state index contributed by atoms with van der Waals surface area (Å²) < 4.78 is 10.9. The summed E-state index contributed by atoms with van der Waals surface area (Å²) in [6.45, 7) is 9.27. The van der Waals surface area contributed by atoms with E-state index in [4.69, 9.17) is 9.47 Å². The Bertz CT molecular complexity index is 478. The maximum Gasteiger partial charge on any atom is 0.231 e. The van der Waals surface area contributed by atoms with Crippen molar-refractivity contribution in [2.45, 2.75) is 39.3 Å². The second-order valence-electron chi connectivity index (χ2n) is 5.94. The average Bonchev–Trinajstić information content (AvgIpc) is 2.94. The summed E-state index contributed by atoms with van der Waals surface area (Å²) in [5.74, 6) is 2.42. The van der Waals surface area contributed by atoms with E-state index >= 15 is 0 Å². The standard InChI is InChI=1S/C16H24N2O2/c1-4-11(2)14-9-18(12(3)8-17-14)13-5-6-15-16(7-13)20-10-19-15/h5-7,11-12,14,17H,4,8-10H2,1-3H3. The van der Waals surface area contributed by atoms with Crippen LogP contribution >= 0.6 is 0 Å². The monoisotopic (exact) mass is 276 g/mol. The van der Waals surface area contributed by atoms with Crippen LogP contribution in [-0.4, -0.2) is 32.0 Å². The highest BCUT2D eigenvalue weighted by atomic mass is 16.7. The lowest BCUT2D eigenvalue weighted by Gasteiger charge is -2.42. The largest absolute Gasteiger partial charge is 0.454 e. The highest BCUT2D eigenvalue weighted by molar-refractivity contribution is 5.58. The predicted molar refractivity (Wildman–Crippen MR) is 80.6 cm³/mol. The van der Waals surface area contributed by atoms with Crippen molar-refractivity contribution < 1.29 is 9.47 Å². The molecule has 4 heteroatoms. The Morgan fingerprint density at radius 3 is 2.95 bits per heavy atom. The summed E-state index contributed by atoms with van der Waals surface area (Å²) >= 11 is 0. The van der Waals surface area contributed by atoms with E-state index < -0.39 is 0 Å². The Hall–Kier alpha value is -1.42. The van der Waals surface area contributed by atoms with Crippen molar-refractivity contribution in [1.29, 1.82) is 0 Å². The Kier molecular flexibility index (Phi) is 3.74. The molecule has 1 aromatic rings.